The van der Waals surface area contributed by atoms with Gasteiger partial charge in [0.25, 0.3) is 15.9 Å². The lowest BCUT2D eigenvalue weighted by Gasteiger charge is -2.25. The van der Waals surface area contributed by atoms with E-state index < -0.39 is 50.8 Å². The summed E-state index contributed by atoms with van der Waals surface area (Å²) in [5.74, 6) is -3.18. The zero-order valence-electron chi connectivity index (χ0n) is 27.8. The average molecular weight is 720 g/mol. The monoisotopic (exact) mass is 719 g/mol. The molecule has 2 fully saturated rings. The predicted molar refractivity (Wildman–Crippen MR) is 186 cm³/mol. The highest BCUT2D eigenvalue weighted by atomic mass is 32.2. The Morgan fingerprint density at radius 3 is 2.22 bits per heavy atom. The molecule has 1 saturated carbocycles. The van der Waals surface area contributed by atoms with Crippen LogP contribution in [0.2, 0.25) is 0 Å². The Labute approximate surface area is 295 Å². The van der Waals surface area contributed by atoms with Gasteiger partial charge in [-0.3, -0.25) is 9.52 Å². The minimum Gasteiger partial charge on any atom is -0.461 e. The van der Waals surface area contributed by atoms with Gasteiger partial charge in [-0.05, 0) is 80.0 Å². The van der Waals surface area contributed by atoms with Crippen LogP contribution in [0.5, 0.6) is 0 Å². The van der Waals surface area contributed by atoms with E-state index in [2.05, 4.69) is 20.0 Å². The van der Waals surface area contributed by atoms with Gasteiger partial charge < -0.3 is 20.5 Å². The number of carbonyl (C=O) groups is 2. The largest absolute Gasteiger partial charge is 0.461 e. The van der Waals surface area contributed by atoms with Gasteiger partial charge in [0, 0.05) is 55.3 Å². The van der Waals surface area contributed by atoms with Crippen molar-refractivity contribution in [1.29, 1.82) is 0 Å². The summed E-state index contributed by atoms with van der Waals surface area (Å²) in [5.41, 5.74) is 6.89. The highest BCUT2D eigenvalue weighted by Gasteiger charge is 2.29. The number of nitrogens with one attached hydrogen (secondary N) is 2. The van der Waals surface area contributed by atoms with Gasteiger partial charge in [0.05, 0.1) is 16.1 Å². The first-order chi connectivity index (χ1) is 24.6. The van der Waals surface area contributed by atoms with E-state index in [1.54, 1.807) is 48.8 Å². The Bertz CT molecular complexity index is 1950. The van der Waals surface area contributed by atoms with E-state index in [1.807, 2.05) is 0 Å². The van der Waals surface area contributed by atoms with Crippen molar-refractivity contribution in [2.24, 2.45) is 0 Å². The summed E-state index contributed by atoms with van der Waals surface area (Å²) in [4.78, 5) is 35.2. The summed E-state index contributed by atoms with van der Waals surface area (Å²) < 4.78 is 70.1. The van der Waals surface area contributed by atoms with E-state index in [-0.39, 0.29) is 23.3 Å². The minimum absolute atomic E-state index is 0.0208. The molecule has 51 heavy (non-hydrogen) atoms. The Kier molecular flexibility index (Phi) is 11.2. The molecule has 6 rings (SSSR count). The van der Waals surface area contributed by atoms with Crippen molar-refractivity contribution in [3.05, 3.63) is 102 Å². The summed E-state index contributed by atoms with van der Waals surface area (Å²) in [6, 6.07) is 12.4. The minimum atomic E-state index is -4.36. The molecule has 1 aliphatic heterocycles. The third-order valence-corrected chi connectivity index (χ3v) is 10.5. The smallest absolute Gasteiger partial charge is 0.329 e. The molecule has 1 atom stereocenters. The lowest BCUT2D eigenvalue weighted by Crippen LogP contribution is -2.45. The second-order valence-electron chi connectivity index (χ2n) is 12.8. The molecule has 0 spiro atoms. The molecule has 2 aliphatic rings. The fourth-order valence-corrected chi connectivity index (χ4v) is 7.29. The van der Waals surface area contributed by atoms with Crippen LogP contribution < -0.4 is 15.8 Å². The molecule has 2 heterocycles. The second kappa shape index (κ2) is 15.9. The number of esters is 1. The number of nitrogens with two attached hydrogens (primary N) is 1. The second-order valence-corrected chi connectivity index (χ2v) is 14.5. The molecular formula is C37H39F2N5O6S. The maximum atomic E-state index is 15.3. The third-order valence-electron chi connectivity index (χ3n) is 9.15. The van der Waals surface area contributed by atoms with Crippen LogP contribution in [0, 0.1) is 11.6 Å². The van der Waals surface area contributed by atoms with Crippen molar-refractivity contribution in [3.63, 3.8) is 0 Å². The number of sulfonamides is 1. The summed E-state index contributed by atoms with van der Waals surface area (Å²) >= 11 is 0. The van der Waals surface area contributed by atoms with Gasteiger partial charge in [-0.25, -0.2) is 32.0 Å². The molecule has 268 valence electrons. The first kappa shape index (κ1) is 35.9. The van der Waals surface area contributed by atoms with Crippen LogP contribution in [0.25, 0.3) is 11.1 Å². The number of amides is 1. The topological polar surface area (TPSA) is 163 Å². The molecule has 1 amide bonds. The first-order valence-corrected chi connectivity index (χ1v) is 18.4. The van der Waals surface area contributed by atoms with E-state index in [1.165, 1.54) is 12.1 Å². The highest BCUT2D eigenvalue weighted by molar-refractivity contribution is 7.92. The Morgan fingerprint density at radius 1 is 0.882 bits per heavy atom. The number of hydrogen-bond donors (Lipinski definition) is 3. The van der Waals surface area contributed by atoms with E-state index in [0.29, 0.717) is 60.6 Å². The lowest BCUT2D eigenvalue weighted by molar-refractivity contribution is -0.152. The number of rotatable bonds is 11. The quantitative estimate of drug-likeness (QED) is 0.126. The fourth-order valence-electron chi connectivity index (χ4n) is 6.23. The molecule has 1 aromatic heterocycles. The number of anilines is 2. The summed E-state index contributed by atoms with van der Waals surface area (Å²) in [5, 5.41) is 2.48. The zero-order chi connectivity index (χ0) is 36.0. The third kappa shape index (κ3) is 9.05. The Balaban J connectivity index is 1.14. The predicted octanol–water partition coefficient (Wildman–Crippen LogP) is 5.92. The molecule has 0 bridgehead atoms. The maximum absolute atomic E-state index is 15.3. The van der Waals surface area contributed by atoms with Gasteiger partial charge in [0.1, 0.15) is 29.6 Å². The summed E-state index contributed by atoms with van der Waals surface area (Å²) in [6.07, 6.45) is 9.06. The van der Waals surface area contributed by atoms with Crippen molar-refractivity contribution in [1.82, 2.24) is 15.3 Å². The molecular weight excluding hydrogens is 680 g/mol. The maximum Gasteiger partial charge on any atom is 0.329 e. The summed E-state index contributed by atoms with van der Waals surface area (Å²) in [6.45, 7) is 1.33. The van der Waals surface area contributed by atoms with Crippen LogP contribution in [0.15, 0.2) is 78.0 Å². The number of benzene rings is 3. The number of aromatic nitrogens is 2. The zero-order valence-corrected chi connectivity index (χ0v) is 28.6. The van der Waals surface area contributed by atoms with Crippen molar-refractivity contribution < 1.29 is 36.3 Å². The van der Waals surface area contributed by atoms with E-state index in [4.69, 9.17) is 15.2 Å². The molecule has 1 unspecified atom stereocenters. The van der Waals surface area contributed by atoms with E-state index in [0.717, 1.165) is 37.9 Å². The number of ether oxygens (including phenoxy) is 2. The van der Waals surface area contributed by atoms with Gasteiger partial charge in [-0.2, -0.15) is 0 Å². The molecule has 0 radical (unpaired) electrons. The summed E-state index contributed by atoms with van der Waals surface area (Å²) in [7, 11) is -4.36. The molecule has 4 aromatic rings. The van der Waals surface area contributed by atoms with Crippen molar-refractivity contribution in [3.8, 4) is 11.1 Å². The number of carbonyl (C=O) groups excluding carboxylic acids is 2. The standard InChI is InChI=1S/C37H39F2N5O6S/c38-31-20-33(44-51(47,48)29-12-8-24(9-13-29)26-21-41-35(42-22-26)25-14-16-49-17-15-25)32(39)19-30(31)36(45)43-34(18-23-6-10-27(40)11-7-23)37(46)50-28-4-2-1-3-5-28/h6-13,19-22,25,28,34,44H,1-5,14-18,40H2,(H,43,45). The van der Waals surface area contributed by atoms with Gasteiger partial charge in [-0.1, -0.05) is 30.7 Å². The first-order valence-electron chi connectivity index (χ1n) is 16.9. The normalized spacial score (nSPS) is 16.3. The van der Waals surface area contributed by atoms with Crippen molar-refractivity contribution in [2.75, 3.05) is 23.7 Å². The van der Waals surface area contributed by atoms with Crippen LogP contribution in [-0.2, 0) is 30.7 Å². The van der Waals surface area contributed by atoms with E-state index in [9.17, 15) is 18.0 Å². The van der Waals surface area contributed by atoms with Gasteiger partial charge in [0.2, 0.25) is 0 Å². The van der Waals surface area contributed by atoms with Gasteiger partial charge >= 0.3 is 5.97 Å². The molecule has 1 aliphatic carbocycles. The van der Waals surface area contributed by atoms with Crippen molar-refractivity contribution in [2.45, 2.75) is 74.3 Å². The lowest BCUT2D eigenvalue weighted by atomic mass is 9.97. The molecule has 14 heteroatoms. The van der Waals surface area contributed by atoms with Crippen LogP contribution in [-0.4, -0.2) is 55.6 Å². The van der Waals surface area contributed by atoms with Crippen LogP contribution in [0.4, 0.5) is 20.2 Å². The average Bonchev–Trinajstić information content (AvgIpc) is 3.14. The molecule has 1 saturated heterocycles. The fraction of sp³-hybridized carbons (Fsp3) is 0.351. The number of halogens is 2. The van der Waals surface area contributed by atoms with Crippen LogP contribution in [0.1, 0.15) is 72.6 Å². The molecule has 4 N–H and O–H groups in total. The Morgan fingerprint density at radius 2 is 1.55 bits per heavy atom. The number of hydrogen-bond acceptors (Lipinski definition) is 9. The Hall–Kier alpha value is -4.95. The number of nitrogen functional groups attached to an aromatic ring is 1. The van der Waals surface area contributed by atoms with Crippen LogP contribution >= 0.6 is 0 Å². The highest BCUT2D eigenvalue weighted by Crippen LogP contribution is 2.28. The van der Waals surface area contributed by atoms with Gasteiger partial charge in [-0.15, -0.1) is 0 Å². The van der Waals surface area contributed by atoms with Crippen molar-refractivity contribution >= 4 is 33.3 Å². The molecule has 11 nitrogen and oxygen atoms in total. The SMILES string of the molecule is Nc1ccc(CC(NC(=O)c2cc(F)c(NS(=O)(=O)c3ccc(-c4cnc(C5CCOCC5)nc4)cc3)cc2F)C(=O)OC2CCCCC2)cc1. The van der Waals surface area contributed by atoms with E-state index >= 15 is 8.78 Å². The van der Waals surface area contributed by atoms with Gasteiger partial charge in [0.15, 0.2) is 0 Å². The molecule has 3 aromatic carbocycles. The van der Waals surface area contributed by atoms with Crippen LogP contribution in [0.3, 0.4) is 0 Å². The number of nitrogens with zero attached hydrogens (tertiary/aromatic N) is 2.